The van der Waals surface area contributed by atoms with Crippen LogP contribution in [0.15, 0.2) is 51.4 Å². The number of carbonyl (C=O) groups excluding carboxylic acids is 1. The van der Waals surface area contributed by atoms with Gasteiger partial charge < -0.3 is 0 Å². The molecule has 0 aliphatic carbocycles. The number of hydrazone groups is 1. The fourth-order valence-corrected chi connectivity index (χ4v) is 2.82. The molecule has 5 heteroatoms. The van der Waals surface area contributed by atoms with Crippen LogP contribution in [0.5, 0.6) is 0 Å². The number of hydrogen-bond donors (Lipinski definition) is 1. The van der Waals surface area contributed by atoms with Crippen molar-refractivity contribution in [2.45, 2.75) is 12.8 Å². The highest BCUT2D eigenvalue weighted by Gasteiger charge is 2.00. The van der Waals surface area contributed by atoms with Crippen LogP contribution < -0.4 is 5.43 Å². The van der Waals surface area contributed by atoms with Crippen LogP contribution in [0.25, 0.3) is 0 Å². The van der Waals surface area contributed by atoms with Crippen LogP contribution in [-0.2, 0) is 11.2 Å². The third-order valence-electron chi connectivity index (χ3n) is 2.46. The summed E-state index contributed by atoms with van der Waals surface area (Å²) in [6.45, 7) is 0. The number of hydrogen-bond acceptors (Lipinski definition) is 3. The van der Waals surface area contributed by atoms with Gasteiger partial charge in [0.1, 0.15) is 0 Å². The first-order valence-corrected chi connectivity index (χ1v) is 7.46. The van der Waals surface area contributed by atoms with E-state index in [1.165, 1.54) is 0 Å². The molecule has 1 aromatic heterocycles. The van der Waals surface area contributed by atoms with Crippen molar-refractivity contribution < 1.29 is 4.79 Å². The summed E-state index contributed by atoms with van der Waals surface area (Å²) in [7, 11) is 0. The minimum atomic E-state index is -0.0734. The molecule has 0 saturated carbocycles. The van der Waals surface area contributed by atoms with Gasteiger partial charge in [-0.25, -0.2) is 5.43 Å². The van der Waals surface area contributed by atoms with Crippen LogP contribution in [0.3, 0.4) is 0 Å². The fourth-order valence-electron chi connectivity index (χ4n) is 1.52. The number of halogens is 1. The predicted octanol–water partition coefficient (Wildman–Crippen LogP) is 3.59. The number of aryl methyl sites for hydroxylation is 1. The Balaban J connectivity index is 1.74. The van der Waals surface area contributed by atoms with Crippen LogP contribution in [0.4, 0.5) is 0 Å². The number of nitrogens with one attached hydrogen (secondary N) is 1. The predicted molar refractivity (Wildman–Crippen MR) is 82.5 cm³/mol. The summed E-state index contributed by atoms with van der Waals surface area (Å²) in [5.74, 6) is -0.0734. The highest BCUT2D eigenvalue weighted by molar-refractivity contribution is 9.11. The third kappa shape index (κ3) is 4.96. The van der Waals surface area contributed by atoms with Gasteiger partial charge in [-0.15, -0.1) is 11.3 Å². The van der Waals surface area contributed by atoms with E-state index in [0.29, 0.717) is 6.42 Å². The van der Waals surface area contributed by atoms with Gasteiger partial charge in [0.15, 0.2) is 0 Å². The molecule has 0 saturated heterocycles. The lowest BCUT2D eigenvalue weighted by Gasteiger charge is -2.00. The lowest BCUT2D eigenvalue weighted by Crippen LogP contribution is -2.17. The SMILES string of the molecule is O=C(CCc1ccccc1)N/N=C/c1ccc(Br)s1. The lowest BCUT2D eigenvalue weighted by molar-refractivity contribution is -0.121. The lowest BCUT2D eigenvalue weighted by atomic mass is 10.1. The summed E-state index contributed by atoms with van der Waals surface area (Å²) in [5, 5.41) is 3.93. The molecule has 0 fully saturated rings. The van der Waals surface area contributed by atoms with Crippen molar-refractivity contribution in [3.63, 3.8) is 0 Å². The summed E-state index contributed by atoms with van der Waals surface area (Å²) >= 11 is 4.94. The maximum atomic E-state index is 11.6. The molecule has 0 atom stereocenters. The van der Waals surface area contributed by atoms with Gasteiger partial charge in [0, 0.05) is 11.3 Å². The summed E-state index contributed by atoms with van der Waals surface area (Å²) in [4.78, 5) is 12.6. The van der Waals surface area contributed by atoms with Gasteiger partial charge in [0.2, 0.25) is 5.91 Å². The molecule has 0 aliphatic rings. The summed E-state index contributed by atoms with van der Waals surface area (Å²) in [6, 6.07) is 13.8. The molecule has 2 rings (SSSR count). The Bertz CT molecular complexity index is 566. The van der Waals surface area contributed by atoms with E-state index in [4.69, 9.17) is 0 Å². The first kappa shape index (κ1) is 14.0. The van der Waals surface area contributed by atoms with Crippen LogP contribution in [-0.4, -0.2) is 12.1 Å². The number of carbonyl (C=O) groups is 1. The third-order valence-corrected chi connectivity index (χ3v) is 4.02. The second-order valence-electron chi connectivity index (χ2n) is 3.92. The molecule has 0 spiro atoms. The molecule has 0 aliphatic heterocycles. The van der Waals surface area contributed by atoms with Crippen molar-refractivity contribution in [1.82, 2.24) is 5.43 Å². The number of nitrogens with zero attached hydrogens (tertiary/aromatic N) is 1. The van der Waals surface area contributed by atoms with E-state index in [0.717, 1.165) is 20.6 Å². The zero-order valence-electron chi connectivity index (χ0n) is 10.2. The summed E-state index contributed by atoms with van der Waals surface area (Å²) < 4.78 is 1.05. The van der Waals surface area contributed by atoms with Crippen molar-refractivity contribution in [3.8, 4) is 0 Å². The highest BCUT2D eigenvalue weighted by Crippen LogP contribution is 2.20. The average Bonchev–Trinajstić information content (AvgIpc) is 2.83. The Morgan fingerprint density at radius 1 is 1.26 bits per heavy atom. The van der Waals surface area contributed by atoms with E-state index < -0.39 is 0 Å². The van der Waals surface area contributed by atoms with E-state index in [1.54, 1.807) is 17.6 Å². The molecule has 1 N–H and O–H groups in total. The Morgan fingerprint density at radius 2 is 2.05 bits per heavy atom. The van der Waals surface area contributed by atoms with Gasteiger partial charge in [-0.05, 0) is 40.0 Å². The maximum Gasteiger partial charge on any atom is 0.240 e. The van der Waals surface area contributed by atoms with Crippen LogP contribution in [0, 0.1) is 0 Å². The Kier molecular flexibility index (Phi) is 5.30. The van der Waals surface area contributed by atoms with E-state index >= 15 is 0 Å². The number of rotatable bonds is 5. The van der Waals surface area contributed by atoms with Gasteiger partial charge in [-0.3, -0.25) is 4.79 Å². The Morgan fingerprint density at radius 3 is 2.74 bits per heavy atom. The second kappa shape index (κ2) is 7.21. The van der Waals surface area contributed by atoms with Gasteiger partial charge in [-0.2, -0.15) is 5.10 Å². The molecule has 98 valence electrons. The van der Waals surface area contributed by atoms with Crippen LogP contribution >= 0.6 is 27.3 Å². The molecular formula is C14H13BrN2OS. The van der Waals surface area contributed by atoms with Crippen molar-refractivity contribution >= 4 is 39.4 Å². The minimum Gasteiger partial charge on any atom is -0.273 e. The van der Waals surface area contributed by atoms with E-state index in [9.17, 15) is 4.79 Å². The van der Waals surface area contributed by atoms with Crippen molar-refractivity contribution in [3.05, 3.63) is 56.7 Å². The quantitative estimate of drug-likeness (QED) is 0.657. The minimum absolute atomic E-state index is 0.0734. The second-order valence-corrected chi connectivity index (χ2v) is 6.42. The fraction of sp³-hybridized carbons (Fsp3) is 0.143. The topological polar surface area (TPSA) is 41.5 Å². The zero-order valence-corrected chi connectivity index (χ0v) is 12.6. The van der Waals surface area contributed by atoms with E-state index in [2.05, 4.69) is 26.5 Å². The molecule has 1 heterocycles. The molecule has 19 heavy (non-hydrogen) atoms. The molecule has 0 unspecified atom stereocenters. The standard InChI is InChI=1S/C14H13BrN2OS/c15-13-8-7-12(19-13)10-16-17-14(18)9-6-11-4-2-1-3-5-11/h1-5,7-8,10H,6,9H2,(H,17,18)/b16-10+. The average molecular weight is 337 g/mol. The maximum absolute atomic E-state index is 11.6. The molecule has 0 bridgehead atoms. The molecule has 2 aromatic rings. The normalized spacial score (nSPS) is 10.8. The van der Waals surface area contributed by atoms with Gasteiger partial charge in [-0.1, -0.05) is 30.3 Å². The van der Waals surface area contributed by atoms with Crippen molar-refractivity contribution in [2.24, 2.45) is 5.10 Å². The van der Waals surface area contributed by atoms with E-state index in [1.807, 2.05) is 42.5 Å². The van der Waals surface area contributed by atoms with Gasteiger partial charge in [0.05, 0.1) is 10.0 Å². The first-order chi connectivity index (χ1) is 9.24. The number of benzene rings is 1. The van der Waals surface area contributed by atoms with Gasteiger partial charge in [0.25, 0.3) is 0 Å². The zero-order chi connectivity index (χ0) is 13.5. The smallest absolute Gasteiger partial charge is 0.240 e. The van der Waals surface area contributed by atoms with Crippen molar-refractivity contribution in [1.29, 1.82) is 0 Å². The first-order valence-electron chi connectivity index (χ1n) is 5.85. The molecular weight excluding hydrogens is 324 g/mol. The highest BCUT2D eigenvalue weighted by atomic mass is 79.9. The Hall–Kier alpha value is -1.46. The Labute approximate surface area is 124 Å². The van der Waals surface area contributed by atoms with Crippen molar-refractivity contribution in [2.75, 3.05) is 0 Å². The van der Waals surface area contributed by atoms with Crippen LogP contribution in [0.2, 0.25) is 0 Å². The monoisotopic (exact) mass is 336 g/mol. The van der Waals surface area contributed by atoms with E-state index in [-0.39, 0.29) is 5.91 Å². The van der Waals surface area contributed by atoms with Crippen LogP contribution in [0.1, 0.15) is 16.9 Å². The number of amides is 1. The molecule has 1 aromatic carbocycles. The largest absolute Gasteiger partial charge is 0.273 e. The summed E-state index contributed by atoms with van der Waals surface area (Å²) in [5.41, 5.74) is 3.69. The van der Waals surface area contributed by atoms with Gasteiger partial charge >= 0.3 is 0 Å². The summed E-state index contributed by atoms with van der Waals surface area (Å²) in [6.07, 6.45) is 2.82. The molecule has 1 amide bonds. The molecule has 3 nitrogen and oxygen atoms in total. The molecule has 0 radical (unpaired) electrons. The number of thiophene rings is 1.